The number of carbonyl (C=O) groups is 2. The minimum atomic E-state index is -0.904. The van der Waals surface area contributed by atoms with Gasteiger partial charge in [0.15, 0.2) is 12.4 Å². The molecule has 2 heterocycles. The van der Waals surface area contributed by atoms with Crippen LogP contribution in [0.3, 0.4) is 0 Å². The Bertz CT molecular complexity index is 1750. The molecule has 0 saturated heterocycles. The first-order valence-electron chi connectivity index (χ1n) is 12.8. The highest BCUT2D eigenvalue weighted by Gasteiger charge is 2.21. The largest absolute Gasteiger partial charge is 0.619 e. The van der Waals surface area contributed by atoms with Gasteiger partial charge in [-0.2, -0.15) is 9.83 Å². The van der Waals surface area contributed by atoms with Crippen molar-refractivity contribution < 1.29 is 19.1 Å². The van der Waals surface area contributed by atoms with E-state index in [1.54, 1.807) is 78.5 Å². The van der Waals surface area contributed by atoms with Crippen LogP contribution in [0.5, 0.6) is 5.75 Å². The molecule has 0 saturated carbocycles. The number of primary amides is 1. The number of aromatic nitrogens is 3. The first kappa shape index (κ1) is 28.7. The number of hydrogen-bond acceptors (Lipinski definition) is 5. The van der Waals surface area contributed by atoms with Gasteiger partial charge >= 0.3 is 0 Å². The molecule has 2 amide bonds. The monoisotopic (exact) mass is 601 g/mol. The van der Waals surface area contributed by atoms with Crippen molar-refractivity contribution in [2.75, 3.05) is 7.11 Å². The fraction of sp³-hybridized carbons (Fsp3) is 0.0968. The Morgan fingerprint density at radius 3 is 2.38 bits per heavy atom. The number of nitrogens with two attached hydrogens (primary N) is 1. The van der Waals surface area contributed by atoms with Gasteiger partial charge in [-0.25, -0.2) is 4.68 Å². The lowest BCUT2D eigenvalue weighted by Gasteiger charge is -2.16. The predicted molar refractivity (Wildman–Crippen MR) is 161 cm³/mol. The summed E-state index contributed by atoms with van der Waals surface area (Å²) in [5.74, 6) is -0.403. The number of carbonyl (C=O) groups excluding carboxylic acids is 2. The van der Waals surface area contributed by atoms with E-state index in [1.165, 1.54) is 12.4 Å². The second kappa shape index (κ2) is 12.3. The van der Waals surface area contributed by atoms with Crippen LogP contribution in [0.25, 0.3) is 28.2 Å². The van der Waals surface area contributed by atoms with Gasteiger partial charge in [0.1, 0.15) is 11.8 Å². The zero-order valence-corrected chi connectivity index (χ0v) is 23.8. The summed E-state index contributed by atoms with van der Waals surface area (Å²) >= 11 is 12.4. The van der Waals surface area contributed by atoms with E-state index >= 15 is 0 Å². The lowest BCUT2D eigenvalue weighted by molar-refractivity contribution is -0.604. The number of benzene rings is 3. The van der Waals surface area contributed by atoms with Crippen molar-refractivity contribution in [2.45, 2.75) is 12.5 Å². The molecular formula is C31H25Cl2N5O4. The molecule has 0 spiro atoms. The third-order valence-electron chi connectivity index (χ3n) is 6.62. The third kappa shape index (κ3) is 6.38. The Kier molecular flexibility index (Phi) is 8.42. The molecule has 42 heavy (non-hydrogen) atoms. The summed E-state index contributed by atoms with van der Waals surface area (Å²) in [5, 5.41) is 20.1. The highest BCUT2D eigenvalue weighted by molar-refractivity contribution is 6.42. The number of nitrogens with one attached hydrogen (secondary N) is 1. The summed E-state index contributed by atoms with van der Waals surface area (Å²) in [6.07, 6.45) is 3.06. The van der Waals surface area contributed by atoms with Gasteiger partial charge in [0.05, 0.1) is 39.8 Å². The summed E-state index contributed by atoms with van der Waals surface area (Å²) in [7, 11) is 1.57. The smallest absolute Gasteiger partial charge is 0.251 e. The molecule has 212 valence electrons. The van der Waals surface area contributed by atoms with Crippen molar-refractivity contribution in [1.29, 1.82) is 0 Å². The zero-order chi connectivity index (χ0) is 29.8. The molecule has 0 aliphatic carbocycles. The molecule has 3 N–H and O–H groups in total. The lowest BCUT2D eigenvalue weighted by atomic mass is 10.0. The quantitative estimate of drug-likeness (QED) is 0.182. The minimum absolute atomic E-state index is 0.234. The first-order valence-corrected chi connectivity index (χ1v) is 13.6. The predicted octanol–water partition coefficient (Wildman–Crippen LogP) is 4.98. The summed E-state index contributed by atoms with van der Waals surface area (Å²) in [6, 6.07) is 23.5. The van der Waals surface area contributed by atoms with Gasteiger partial charge in [-0.05, 0) is 60.2 Å². The number of hydrogen-bond donors (Lipinski definition) is 2. The summed E-state index contributed by atoms with van der Waals surface area (Å²) < 4.78 is 7.56. The Morgan fingerprint density at radius 2 is 1.74 bits per heavy atom. The lowest BCUT2D eigenvalue weighted by Crippen LogP contribution is -2.45. The number of ether oxygens (including phenoxy) is 1. The maximum atomic E-state index is 13.1. The van der Waals surface area contributed by atoms with Crippen LogP contribution in [0.15, 0.2) is 97.3 Å². The molecular weight excluding hydrogens is 577 g/mol. The standard InChI is InChI=1S/C31H25Cl2N5O4/c1-42-24-11-4-19(5-12-24)15-28(30(34)39)35-31(40)21-8-6-20(7-9-21)29-17-27(22-3-2-14-37(41)18-22)36-38(29)23-10-13-25(32)26(33)16-23/h2-14,16-18,28H,15H2,1H3,(H2,34,39)(H,35,40)/t28-/m0/s1. The van der Waals surface area contributed by atoms with Crippen molar-refractivity contribution in [2.24, 2.45) is 5.73 Å². The Labute approximate surface area is 251 Å². The molecule has 0 unspecified atom stereocenters. The topological polar surface area (TPSA) is 126 Å². The molecule has 3 aromatic carbocycles. The number of halogens is 2. The van der Waals surface area contributed by atoms with E-state index in [4.69, 9.17) is 38.8 Å². The molecule has 2 aromatic heterocycles. The van der Waals surface area contributed by atoms with Crippen LogP contribution in [0.2, 0.25) is 10.0 Å². The van der Waals surface area contributed by atoms with Gasteiger partial charge in [0.2, 0.25) is 5.91 Å². The van der Waals surface area contributed by atoms with Crippen molar-refractivity contribution >= 4 is 35.0 Å². The van der Waals surface area contributed by atoms with Crippen molar-refractivity contribution in [3.05, 3.63) is 124 Å². The van der Waals surface area contributed by atoms with Crippen molar-refractivity contribution in [3.8, 4) is 34.0 Å². The summed E-state index contributed by atoms with van der Waals surface area (Å²) in [4.78, 5) is 25.2. The highest BCUT2D eigenvalue weighted by atomic mass is 35.5. The molecule has 9 nitrogen and oxygen atoms in total. The second-order valence-electron chi connectivity index (χ2n) is 9.44. The van der Waals surface area contributed by atoms with Gasteiger partial charge < -0.3 is 21.0 Å². The van der Waals surface area contributed by atoms with Crippen molar-refractivity contribution in [3.63, 3.8) is 0 Å². The molecule has 0 aliphatic heterocycles. The molecule has 0 radical (unpaired) electrons. The minimum Gasteiger partial charge on any atom is -0.619 e. The average molecular weight is 602 g/mol. The van der Waals surface area contributed by atoms with Crippen LogP contribution in [-0.4, -0.2) is 34.7 Å². The number of rotatable bonds is 9. The maximum absolute atomic E-state index is 13.1. The summed E-state index contributed by atoms with van der Waals surface area (Å²) in [5.41, 5.74) is 10.0. The fourth-order valence-electron chi connectivity index (χ4n) is 4.40. The Balaban J connectivity index is 1.42. The molecule has 1 atom stereocenters. The van der Waals surface area contributed by atoms with E-state index in [2.05, 4.69) is 5.32 Å². The van der Waals surface area contributed by atoms with E-state index in [-0.39, 0.29) is 6.42 Å². The molecule has 11 heteroatoms. The first-order chi connectivity index (χ1) is 20.2. The van der Waals surface area contributed by atoms with E-state index in [0.717, 1.165) is 11.1 Å². The van der Waals surface area contributed by atoms with Gasteiger partial charge in [-0.3, -0.25) is 9.59 Å². The van der Waals surface area contributed by atoms with Crippen molar-refractivity contribution in [1.82, 2.24) is 15.1 Å². The second-order valence-corrected chi connectivity index (χ2v) is 10.2. The third-order valence-corrected chi connectivity index (χ3v) is 7.36. The van der Waals surface area contributed by atoms with E-state index in [0.29, 0.717) is 48.7 Å². The molecule has 0 aliphatic rings. The van der Waals surface area contributed by atoms with Gasteiger partial charge in [-0.1, -0.05) is 47.5 Å². The highest BCUT2D eigenvalue weighted by Crippen LogP contribution is 2.31. The SMILES string of the molecule is COc1ccc(C[C@H](NC(=O)c2ccc(-c3cc(-c4ccc[n+]([O-])c4)nn3-c3ccc(Cl)c(Cl)c3)cc2)C(N)=O)cc1. The average Bonchev–Trinajstić information content (AvgIpc) is 3.44. The van der Waals surface area contributed by atoms with Crippen LogP contribution in [-0.2, 0) is 11.2 Å². The number of amides is 2. The zero-order valence-electron chi connectivity index (χ0n) is 22.3. The summed E-state index contributed by atoms with van der Waals surface area (Å²) in [6.45, 7) is 0. The van der Waals surface area contributed by atoms with E-state index in [9.17, 15) is 14.8 Å². The van der Waals surface area contributed by atoms with Crippen LogP contribution in [0, 0.1) is 5.21 Å². The molecule has 5 aromatic rings. The van der Waals surface area contributed by atoms with Gasteiger partial charge in [0.25, 0.3) is 5.91 Å². The number of methoxy groups -OCH3 is 1. The van der Waals surface area contributed by atoms with Crippen LogP contribution in [0.1, 0.15) is 15.9 Å². The van der Waals surface area contributed by atoms with Crippen LogP contribution >= 0.6 is 23.2 Å². The maximum Gasteiger partial charge on any atom is 0.251 e. The Hall–Kier alpha value is -4.86. The van der Waals surface area contributed by atoms with Gasteiger partial charge in [-0.15, -0.1) is 0 Å². The number of pyridine rings is 1. The molecule has 5 rings (SSSR count). The fourth-order valence-corrected chi connectivity index (χ4v) is 4.69. The number of nitrogens with zero attached hydrogens (tertiary/aromatic N) is 3. The van der Waals surface area contributed by atoms with E-state index < -0.39 is 17.9 Å². The normalized spacial score (nSPS) is 11.6. The van der Waals surface area contributed by atoms with Gasteiger partial charge in [0, 0.05) is 23.6 Å². The Morgan fingerprint density at radius 1 is 1.00 bits per heavy atom. The van der Waals surface area contributed by atoms with Crippen LogP contribution < -0.4 is 20.5 Å². The van der Waals surface area contributed by atoms with Crippen LogP contribution in [0.4, 0.5) is 0 Å². The van der Waals surface area contributed by atoms with E-state index in [1.807, 2.05) is 18.2 Å². The molecule has 0 fully saturated rings. The molecule has 0 bridgehead atoms.